The number of carbonyl (C=O) groups excluding carboxylic acids is 3. The Labute approximate surface area is 261 Å². The highest BCUT2D eigenvalue weighted by Gasteiger charge is 2.36. The van der Waals surface area contributed by atoms with Crippen LogP contribution in [0.3, 0.4) is 0 Å². The first kappa shape index (κ1) is 33.5. The molecule has 0 spiro atoms. The average molecular weight is 602 g/mol. The summed E-state index contributed by atoms with van der Waals surface area (Å²) in [5.74, 6) is 1.84. The molecule has 43 heavy (non-hydrogen) atoms. The second-order valence-corrected chi connectivity index (χ2v) is 11.9. The van der Waals surface area contributed by atoms with Crippen LogP contribution < -0.4 is 10.6 Å². The molecule has 3 rings (SSSR count). The minimum Gasteiger partial charge on any atom is -0.444 e. The van der Waals surface area contributed by atoms with Gasteiger partial charge in [-0.25, -0.2) is 4.79 Å². The molecule has 0 aliphatic heterocycles. The van der Waals surface area contributed by atoms with E-state index in [1.54, 1.807) is 45.0 Å². The molecule has 0 aliphatic carbocycles. The highest BCUT2D eigenvalue weighted by atomic mass is 32.1. The highest BCUT2D eigenvalue weighted by Crippen LogP contribution is 2.29. The lowest BCUT2D eigenvalue weighted by Crippen LogP contribution is -2.53. The maximum absolute atomic E-state index is 14.2. The summed E-state index contributed by atoms with van der Waals surface area (Å²) in [6.45, 7) is 7.67. The summed E-state index contributed by atoms with van der Waals surface area (Å²) in [7, 11) is 0. The van der Waals surface area contributed by atoms with Crippen molar-refractivity contribution in [3.05, 3.63) is 77.9 Å². The number of rotatable bonds is 13. The average Bonchev–Trinajstić information content (AvgIpc) is 2.98. The summed E-state index contributed by atoms with van der Waals surface area (Å²) < 4.78 is 5.41. The molecule has 0 aromatic heterocycles. The third-order valence-corrected chi connectivity index (χ3v) is 7.31. The number of nitrogens with one attached hydrogen (secondary N) is 2. The minimum atomic E-state index is -1.06. The molecule has 7 nitrogen and oxygen atoms in total. The molecular weight excluding hydrogens is 558 g/mol. The number of fused-ring (bicyclic) bond motifs is 1. The standard InChI is InChI=1S/C35H43N3O4S/c1-6-8-9-10-15-22-38(33(40)30(24-43)37-34(41)42-35(3,4)5)31(29-19-14-13-16-25(29)7-2)32(39)36-28-21-20-26-17-11-12-18-27(26)23-28/h2,11-14,16-21,23,30-31,43H,6,8-10,15,22,24H2,1,3-5H3,(H,36,39)(H,37,41). The van der Waals surface area contributed by atoms with E-state index >= 15 is 0 Å². The lowest BCUT2D eigenvalue weighted by Gasteiger charge is -2.34. The van der Waals surface area contributed by atoms with Crippen LogP contribution in [0.1, 0.15) is 77.0 Å². The quantitative estimate of drug-likeness (QED) is 0.111. The zero-order chi connectivity index (χ0) is 31.4. The SMILES string of the molecule is C#Cc1ccccc1C(C(=O)Nc1ccc2ccccc2c1)N(CCCCCCC)C(=O)C(CS)NC(=O)OC(C)(C)C. The highest BCUT2D eigenvalue weighted by molar-refractivity contribution is 7.80. The molecule has 0 fully saturated rings. The number of hydrogen-bond acceptors (Lipinski definition) is 5. The zero-order valence-electron chi connectivity index (χ0n) is 25.6. The molecule has 2 N–H and O–H groups in total. The fraction of sp³-hybridized carbons (Fsp3) is 0.400. The van der Waals surface area contributed by atoms with Gasteiger partial charge in [0, 0.05) is 23.5 Å². The second-order valence-electron chi connectivity index (χ2n) is 11.5. The summed E-state index contributed by atoms with van der Waals surface area (Å²) in [5, 5.41) is 7.70. The van der Waals surface area contributed by atoms with Gasteiger partial charge in [0.05, 0.1) is 0 Å². The number of nitrogens with zero attached hydrogens (tertiary/aromatic N) is 1. The molecule has 3 aromatic carbocycles. The Balaban J connectivity index is 2.03. The van der Waals surface area contributed by atoms with Crippen molar-refractivity contribution in [3.8, 4) is 12.3 Å². The molecule has 0 heterocycles. The van der Waals surface area contributed by atoms with Gasteiger partial charge in [0.1, 0.15) is 17.7 Å². The van der Waals surface area contributed by atoms with Crippen LogP contribution in [0, 0.1) is 12.3 Å². The van der Waals surface area contributed by atoms with E-state index in [2.05, 4.69) is 36.1 Å². The Morgan fingerprint density at radius 2 is 1.63 bits per heavy atom. The molecule has 3 aromatic rings. The summed E-state index contributed by atoms with van der Waals surface area (Å²) in [5.41, 5.74) is 0.883. The molecule has 228 valence electrons. The molecular formula is C35H43N3O4S. The molecule has 0 aliphatic rings. The Morgan fingerprint density at radius 3 is 2.30 bits per heavy atom. The van der Waals surface area contributed by atoms with E-state index in [9.17, 15) is 14.4 Å². The first-order valence-electron chi connectivity index (χ1n) is 14.8. The van der Waals surface area contributed by atoms with Crippen LogP contribution in [0.15, 0.2) is 66.7 Å². The van der Waals surface area contributed by atoms with Crippen molar-refractivity contribution >= 4 is 47.0 Å². The van der Waals surface area contributed by atoms with Crippen LogP contribution in [0.25, 0.3) is 10.8 Å². The number of hydrogen-bond donors (Lipinski definition) is 3. The number of anilines is 1. The summed E-state index contributed by atoms with van der Waals surface area (Å²) >= 11 is 4.38. The fourth-order valence-corrected chi connectivity index (χ4v) is 5.13. The molecule has 0 radical (unpaired) electrons. The first-order valence-corrected chi connectivity index (χ1v) is 15.5. The van der Waals surface area contributed by atoms with Gasteiger partial charge < -0.3 is 20.3 Å². The Kier molecular flexibility index (Phi) is 12.5. The van der Waals surface area contributed by atoms with Crippen molar-refractivity contribution < 1.29 is 19.1 Å². The number of ether oxygens (including phenoxy) is 1. The van der Waals surface area contributed by atoms with Crippen molar-refractivity contribution in [2.24, 2.45) is 0 Å². The lowest BCUT2D eigenvalue weighted by molar-refractivity contribution is -0.140. The van der Waals surface area contributed by atoms with Crippen molar-refractivity contribution in [3.63, 3.8) is 0 Å². The number of unbranched alkanes of at least 4 members (excludes halogenated alkanes) is 4. The molecule has 0 saturated heterocycles. The molecule has 8 heteroatoms. The molecule has 2 unspecified atom stereocenters. The van der Waals surface area contributed by atoms with E-state index in [0.717, 1.165) is 36.5 Å². The topological polar surface area (TPSA) is 87.7 Å². The van der Waals surface area contributed by atoms with Crippen LogP contribution in [0.4, 0.5) is 10.5 Å². The summed E-state index contributed by atoms with van der Waals surface area (Å²) in [6.07, 6.45) is 9.88. The third kappa shape index (κ3) is 9.79. The molecule has 0 saturated carbocycles. The van der Waals surface area contributed by atoms with Crippen LogP contribution in [0.2, 0.25) is 0 Å². The van der Waals surface area contributed by atoms with Crippen molar-refractivity contribution in [2.45, 2.75) is 77.5 Å². The zero-order valence-corrected chi connectivity index (χ0v) is 26.5. The Bertz CT molecular complexity index is 1440. The van der Waals surface area contributed by atoms with Crippen molar-refractivity contribution in [1.82, 2.24) is 10.2 Å². The number of carbonyl (C=O) groups is 3. The van der Waals surface area contributed by atoms with Crippen LogP contribution in [0.5, 0.6) is 0 Å². The van der Waals surface area contributed by atoms with E-state index < -0.39 is 35.6 Å². The van der Waals surface area contributed by atoms with Gasteiger partial charge in [-0.1, -0.05) is 87.1 Å². The van der Waals surface area contributed by atoms with Crippen molar-refractivity contribution in [2.75, 3.05) is 17.6 Å². The molecule has 2 atom stereocenters. The van der Waals surface area contributed by atoms with E-state index in [-0.39, 0.29) is 12.3 Å². The van der Waals surface area contributed by atoms with Gasteiger partial charge in [-0.15, -0.1) is 6.42 Å². The van der Waals surface area contributed by atoms with Crippen molar-refractivity contribution in [1.29, 1.82) is 0 Å². The first-order chi connectivity index (χ1) is 20.6. The number of thiol groups is 1. The normalized spacial score (nSPS) is 12.6. The monoisotopic (exact) mass is 601 g/mol. The maximum atomic E-state index is 14.2. The van der Waals surface area contributed by atoms with Crippen LogP contribution >= 0.6 is 12.6 Å². The number of amides is 3. The van der Waals surface area contributed by atoms with Gasteiger partial charge >= 0.3 is 6.09 Å². The fourth-order valence-electron chi connectivity index (χ4n) is 4.88. The third-order valence-electron chi connectivity index (χ3n) is 6.95. The maximum Gasteiger partial charge on any atom is 0.408 e. The molecule has 3 amide bonds. The van der Waals surface area contributed by atoms with Gasteiger partial charge in [-0.05, 0) is 61.7 Å². The van der Waals surface area contributed by atoms with Gasteiger partial charge in [0.2, 0.25) is 5.91 Å². The van der Waals surface area contributed by atoms with Gasteiger partial charge in [-0.3, -0.25) is 9.59 Å². The van der Waals surface area contributed by atoms with E-state index in [1.165, 1.54) is 4.90 Å². The second kappa shape index (κ2) is 16.0. The number of benzene rings is 3. The lowest BCUT2D eigenvalue weighted by atomic mass is 9.97. The van der Waals surface area contributed by atoms with E-state index in [1.807, 2.05) is 42.5 Å². The van der Waals surface area contributed by atoms with E-state index in [4.69, 9.17) is 11.2 Å². The largest absolute Gasteiger partial charge is 0.444 e. The smallest absolute Gasteiger partial charge is 0.408 e. The Hall–Kier alpha value is -3.96. The minimum absolute atomic E-state index is 0.0141. The van der Waals surface area contributed by atoms with Crippen LogP contribution in [-0.4, -0.2) is 46.7 Å². The summed E-state index contributed by atoms with van der Waals surface area (Å²) in [6, 6.07) is 18.6. The Morgan fingerprint density at radius 1 is 0.953 bits per heavy atom. The number of alkyl carbamates (subject to hydrolysis) is 1. The van der Waals surface area contributed by atoms with E-state index in [0.29, 0.717) is 23.2 Å². The summed E-state index contributed by atoms with van der Waals surface area (Å²) in [4.78, 5) is 42.6. The number of terminal acetylenes is 1. The van der Waals surface area contributed by atoms with Gasteiger partial charge in [0.25, 0.3) is 5.91 Å². The van der Waals surface area contributed by atoms with Crippen LogP contribution in [-0.2, 0) is 14.3 Å². The van der Waals surface area contributed by atoms with Gasteiger partial charge in [0.15, 0.2) is 0 Å². The predicted molar refractivity (Wildman–Crippen MR) is 177 cm³/mol. The van der Waals surface area contributed by atoms with Gasteiger partial charge in [-0.2, -0.15) is 12.6 Å². The predicted octanol–water partition coefficient (Wildman–Crippen LogP) is 7.12. The molecule has 0 bridgehead atoms.